The number of methoxy groups -OCH3 is 2. The van der Waals surface area contributed by atoms with Crippen LogP contribution in [0.5, 0.6) is 11.5 Å². The van der Waals surface area contributed by atoms with Crippen LogP contribution < -0.4 is 20.5 Å². The minimum absolute atomic E-state index is 0.158. The van der Waals surface area contributed by atoms with Gasteiger partial charge >= 0.3 is 5.92 Å². The van der Waals surface area contributed by atoms with Crippen LogP contribution in [0.15, 0.2) is 30.3 Å². The molecule has 0 amide bonds. The van der Waals surface area contributed by atoms with Crippen LogP contribution in [0, 0.1) is 6.92 Å². The number of fused-ring (bicyclic) bond motifs is 1. The Hall–Kier alpha value is -3.28. The van der Waals surface area contributed by atoms with E-state index in [-0.39, 0.29) is 11.3 Å². The Labute approximate surface area is 221 Å². The summed E-state index contributed by atoms with van der Waals surface area (Å²) in [5, 5.41) is 14.0. The van der Waals surface area contributed by atoms with E-state index in [0.717, 1.165) is 13.8 Å². The van der Waals surface area contributed by atoms with Gasteiger partial charge < -0.3 is 35.1 Å². The number of nitrogens with zero attached hydrogens (tertiary/aromatic N) is 2. The lowest BCUT2D eigenvalue weighted by Gasteiger charge is -2.30. The zero-order valence-corrected chi connectivity index (χ0v) is 22.6. The summed E-state index contributed by atoms with van der Waals surface area (Å²) in [6.07, 6.45) is 0. The molecule has 38 heavy (non-hydrogen) atoms. The first-order valence-corrected chi connectivity index (χ1v) is 12.2. The minimum Gasteiger partial charge on any atom is -0.487 e. The molecule has 9 nitrogen and oxygen atoms in total. The fraction of sp³-hybridized carbons (Fsp3) is 0.481. The molecule has 11 heteroatoms. The predicted octanol–water partition coefficient (Wildman–Crippen LogP) is 4.61. The fourth-order valence-corrected chi connectivity index (χ4v) is 3.81. The third-order valence-corrected chi connectivity index (χ3v) is 5.92. The molecular weight excluding hydrogens is 498 g/mol. The summed E-state index contributed by atoms with van der Waals surface area (Å²) in [7, 11) is 3.17. The van der Waals surface area contributed by atoms with Crippen LogP contribution in [0.2, 0.25) is 0 Å². The number of anilines is 2. The smallest absolute Gasteiger partial charge is 0.300 e. The number of nitrogens with two attached hydrogens (primary N) is 1. The summed E-state index contributed by atoms with van der Waals surface area (Å²) in [6.45, 7) is 7.10. The lowest BCUT2D eigenvalue weighted by Crippen LogP contribution is -2.40. The van der Waals surface area contributed by atoms with Gasteiger partial charge in [-0.3, -0.25) is 0 Å². The maximum Gasteiger partial charge on any atom is 0.300 e. The number of ether oxygens (including phenoxy) is 4. The highest BCUT2D eigenvalue weighted by Crippen LogP contribution is 2.41. The number of hydrogen-bond donors (Lipinski definition) is 3. The summed E-state index contributed by atoms with van der Waals surface area (Å²) < 4.78 is 51.7. The zero-order valence-electron chi connectivity index (χ0n) is 22.6. The van der Waals surface area contributed by atoms with Crippen molar-refractivity contribution in [3.05, 3.63) is 47.3 Å². The second-order valence-electron chi connectivity index (χ2n) is 9.51. The summed E-state index contributed by atoms with van der Waals surface area (Å²) in [5.74, 6) is -1.55. The molecule has 0 aliphatic rings. The molecule has 1 aromatic heterocycles. The molecule has 2 aromatic carbocycles. The lowest BCUT2D eigenvalue weighted by atomic mass is 9.91. The predicted molar refractivity (Wildman–Crippen MR) is 142 cm³/mol. The molecule has 0 fully saturated rings. The number of nitrogens with one attached hydrogen (secondary N) is 1. The monoisotopic (exact) mass is 534 g/mol. The molecule has 0 saturated heterocycles. The molecule has 0 bridgehead atoms. The molecule has 1 heterocycles. The standard InChI is InChI=1S/C27H36F2N4O5/c1-16(18-11-19(13-20(30)12-18)27(28,29)26(3,4)34)31-25-21-14-23(37-9-7-35-5)24(38-10-8-36-6)15-22(21)32-17(2)33-25/h11-16,34H,7-10,30H2,1-6H3,(H,31,32,33). The highest BCUT2D eigenvalue weighted by molar-refractivity contribution is 5.92. The first-order chi connectivity index (χ1) is 17.9. The fourth-order valence-electron chi connectivity index (χ4n) is 3.81. The second-order valence-corrected chi connectivity index (χ2v) is 9.51. The second kappa shape index (κ2) is 12.1. The maximum absolute atomic E-state index is 14.9. The molecule has 208 valence electrons. The van der Waals surface area contributed by atoms with Crippen LogP contribution in [0.25, 0.3) is 10.9 Å². The Morgan fingerprint density at radius 3 is 2.13 bits per heavy atom. The number of halogens is 2. The van der Waals surface area contributed by atoms with Crippen molar-refractivity contribution in [1.29, 1.82) is 0 Å². The van der Waals surface area contributed by atoms with E-state index in [0.29, 0.717) is 66.0 Å². The van der Waals surface area contributed by atoms with Gasteiger partial charge in [0.05, 0.1) is 24.8 Å². The topological polar surface area (TPSA) is 121 Å². The van der Waals surface area contributed by atoms with Gasteiger partial charge in [0, 0.05) is 36.9 Å². The van der Waals surface area contributed by atoms with Crippen LogP contribution in [-0.4, -0.2) is 61.3 Å². The molecule has 0 saturated carbocycles. The van der Waals surface area contributed by atoms with E-state index in [9.17, 15) is 13.9 Å². The maximum atomic E-state index is 14.9. The van der Waals surface area contributed by atoms with E-state index in [4.69, 9.17) is 24.7 Å². The van der Waals surface area contributed by atoms with Crippen LogP contribution in [0.4, 0.5) is 20.3 Å². The van der Waals surface area contributed by atoms with Gasteiger partial charge in [0.25, 0.3) is 0 Å². The Kier molecular flexibility index (Phi) is 9.29. The first-order valence-electron chi connectivity index (χ1n) is 12.2. The molecule has 4 N–H and O–H groups in total. The van der Waals surface area contributed by atoms with E-state index in [1.807, 2.05) is 6.92 Å². The number of aromatic nitrogens is 2. The summed E-state index contributed by atoms with van der Waals surface area (Å²) in [5.41, 5.74) is 4.61. The molecule has 0 spiro atoms. The van der Waals surface area contributed by atoms with Crippen molar-refractivity contribution in [2.24, 2.45) is 0 Å². The van der Waals surface area contributed by atoms with Crippen LogP contribution in [0.1, 0.15) is 43.8 Å². The molecular formula is C27H36F2N4O5. The lowest BCUT2D eigenvalue weighted by molar-refractivity contribution is -0.168. The van der Waals surface area contributed by atoms with E-state index in [2.05, 4.69) is 15.3 Å². The largest absolute Gasteiger partial charge is 0.487 e. The van der Waals surface area contributed by atoms with Crippen molar-refractivity contribution in [1.82, 2.24) is 9.97 Å². The van der Waals surface area contributed by atoms with Gasteiger partial charge in [0.1, 0.15) is 30.5 Å². The van der Waals surface area contributed by atoms with Crippen molar-refractivity contribution in [3.8, 4) is 11.5 Å². The number of aliphatic hydroxyl groups is 1. The van der Waals surface area contributed by atoms with Gasteiger partial charge in [-0.15, -0.1) is 0 Å². The Bertz CT molecular complexity index is 1250. The van der Waals surface area contributed by atoms with Gasteiger partial charge in [0.15, 0.2) is 11.5 Å². The highest BCUT2D eigenvalue weighted by Gasteiger charge is 2.47. The SMILES string of the molecule is COCCOc1cc2nc(C)nc(NC(C)c3cc(N)cc(C(F)(F)C(C)(C)O)c3)c2cc1OCCOC. The number of rotatable bonds is 13. The van der Waals surface area contributed by atoms with Crippen LogP contribution in [0.3, 0.4) is 0 Å². The normalized spacial score (nSPS) is 13.0. The van der Waals surface area contributed by atoms with E-state index >= 15 is 0 Å². The number of hydrogen-bond acceptors (Lipinski definition) is 9. The van der Waals surface area contributed by atoms with Crippen molar-refractivity contribution in [3.63, 3.8) is 0 Å². The number of aryl methyl sites for hydroxylation is 1. The summed E-state index contributed by atoms with van der Waals surface area (Å²) >= 11 is 0. The van der Waals surface area contributed by atoms with Gasteiger partial charge in [-0.2, -0.15) is 8.78 Å². The number of benzene rings is 2. The first kappa shape index (κ1) is 29.3. The van der Waals surface area contributed by atoms with Crippen molar-refractivity contribution >= 4 is 22.4 Å². The Morgan fingerprint density at radius 1 is 0.947 bits per heavy atom. The molecule has 0 aliphatic heterocycles. The van der Waals surface area contributed by atoms with E-state index < -0.39 is 17.6 Å². The zero-order chi connectivity index (χ0) is 28.1. The average molecular weight is 535 g/mol. The Balaban J connectivity index is 2.01. The molecule has 0 aliphatic carbocycles. The van der Waals surface area contributed by atoms with Crippen molar-refractivity contribution in [2.45, 2.75) is 45.3 Å². The molecule has 1 unspecified atom stereocenters. The third-order valence-electron chi connectivity index (χ3n) is 5.92. The third kappa shape index (κ3) is 6.77. The number of alkyl halides is 2. The van der Waals surface area contributed by atoms with Crippen LogP contribution >= 0.6 is 0 Å². The molecule has 0 radical (unpaired) electrons. The van der Waals surface area contributed by atoms with Crippen LogP contribution in [-0.2, 0) is 15.4 Å². The molecule has 1 atom stereocenters. The van der Waals surface area contributed by atoms with E-state index in [1.54, 1.807) is 39.3 Å². The van der Waals surface area contributed by atoms with Gasteiger partial charge in [0.2, 0.25) is 0 Å². The van der Waals surface area contributed by atoms with Gasteiger partial charge in [-0.1, -0.05) is 0 Å². The summed E-state index contributed by atoms with van der Waals surface area (Å²) in [6, 6.07) is 7.19. The van der Waals surface area contributed by atoms with Gasteiger partial charge in [-0.05, 0) is 57.5 Å². The Morgan fingerprint density at radius 2 is 1.55 bits per heavy atom. The highest BCUT2D eigenvalue weighted by atomic mass is 19.3. The van der Waals surface area contributed by atoms with Gasteiger partial charge in [-0.25, -0.2) is 9.97 Å². The summed E-state index contributed by atoms with van der Waals surface area (Å²) in [4.78, 5) is 9.10. The van der Waals surface area contributed by atoms with E-state index in [1.165, 1.54) is 12.1 Å². The molecule has 3 rings (SSSR count). The average Bonchev–Trinajstić information content (AvgIpc) is 2.83. The number of nitrogen functional groups attached to an aromatic ring is 1. The van der Waals surface area contributed by atoms with Crippen molar-refractivity contribution in [2.75, 3.05) is 51.7 Å². The molecule has 3 aromatic rings. The quantitative estimate of drug-likeness (QED) is 0.213. The minimum atomic E-state index is -3.51. The van der Waals surface area contributed by atoms with Crippen molar-refractivity contribution < 1.29 is 32.8 Å².